The molecule has 80 valence electrons. The summed E-state index contributed by atoms with van der Waals surface area (Å²) in [6.07, 6.45) is 6.24. The largest absolute Gasteiger partial charge is 0.316 e. The zero-order chi connectivity index (χ0) is 10.5. The van der Waals surface area contributed by atoms with Crippen molar-refractivity contribution in [2.24, 2.45) is 0 Å². The van der Waals surface area contributed by atoms with E-state index in [1.165, 1.54) is 0 Å². The molecule has 1 aromatic heterocycles. The maximum atomic E-state index is 13.0. The Kier molecular flexibility index (Phi) is 2.00. The Morgan fingerprint density at radius 1 is 1.27 bits per heavy atom. The number of aryl methyl sites for hydroxylation is 1. The highest BCUT2D eigenvalue weighted by atomic mass is 31.2. The summed E-state index contributed by atoms with van der Waals surface area (Å²) in [4.78, 5) is 0. The monoisotopic (exact) mass is 222 g/mol. The van der Waals surface area contributed by atoms with Crippen LogP contribution in [0.1, 0.15) is 31.2 Å². The fraction of sp³-hybridized carbons (Fsp3) is 0.636. The van der Waals surface area contributed by atoms with E-state index in [-0.39, 0.29) is 0 Å². The highest BCUT2D eigenvalue weighted by molar-refractivity contribution is 7.73. The molecule has 0 N–H and O–H groups in total. The van der Waals surface area contributed by atoms with Crippen LogP contribution in [0.2, 0.25) is 0 Å². The first kappa shape index (κ1) is 9.53. The third-order valence-electron chi connectivity index (χ3n) is 3.32. The minimum Gasteiger partial charge on any atom is -0.316 e. The molecular formula is C11H15N2OP. The Morgan fingerprint density at radius 3 is 2.33 bits per heavy atom. The van der Waals surface area contributed by atoms with E-state index >= 15 is 0 Å². The highest BCUT2D eigenvalue weighted by Gasteiger charge is 2.52. The molecule has 0 bridgehead atoms. The molecular weight excluding hydrogens is 207 g/mol. The number of hydrogen-bond donors (Lipinski definition) is 0. The molecule has 0 amide bonds. The van der Waals surface area contributed by atoms with Gasteiger partial charge in [-0.15, -0.1) is 5.10 Å². The Bertz CT molecular complexity index is 422. The van der Waals surface area contributed by atoms with Crippen LogP contribution >= 0.6 is 7.14 Å². The van der Waals surface area contributed by atoms with Crippen molar-refractivity contribution in [3.8, 4) is 0 Å². The van der Waals surface area contributed by atoms with E-state index < -0.39 is 7.14 Å². The van der Waals surface area contributed by atoms with Gasteiger partial charge in [-0.25, -0.2) is 0 Å². The average molecular weight is 222 g/mol. The van der Waals surface area contributed by atoms with Crippen molar-refractivity contribution in [3.05, 3.63) is 17.8 Å². The second kappa shape index (κ2) is 3.15. The van der Waals surface area contributed by atoms with Crippen molar-refractivity contribution in [1.29, 1.82) is 0 Å². The topological polar surface area (TPSA) is 42.9 Å². The van der Waals surface area contributed by atoms with Crippen LogP contribution in [0.3, 0.4) is 0 Å². The van der Waals surface area contributed by atoms with E-state index in [4.69, 9.17) is 0 Å². The lowest BCUT2D eigenvalue weighted by atomic mass is 10.4. The second-order valence-corrected chi connectivity index (χ2v) is 8.10. The highest BCUT2D eigenvalue weighted by Crippen LogP contribution is 2.68. The van der Waals surface area contributed by atoms with Gasteiger partial charge >= 0.3 is 0 Å². The van der Waals surface area contributed by atoms with Crippen molar-refractivity contribution < 1.29 is 4.57 Å². The number of hydrogen-bond acceptors (Lipinski definition) is 3. The first-order chi connectivity index (χ1) is 7.21. The van der Waals surface area contributed by atoms with E-state index in [1.54, 1.807) is 6.20 Å². The van der Waals surface area contributed by atoms with Gasteiger partial charge in [0.25, 0.3) is 0 Å². The van der Waals surface area contributed by atoms with E-state index in [1.807, 2.05) is 13.0 Å². The molecule has 3 rings (SSSR count). The molecule has 0 saturated heterocycles. The molecule has 2 aliphatic rings. The predicted octanol–water partition coefficient (Wildman–Crippen LogP) is 2.10. The molecule has 0 unspecified atom stereocenters. The van der Waals surface area contributed by atoms with Gasteiger partial charge in [-0.2, -0.15) is 5.10 Å². The number of aromatic nitrogens is 2. The summed E-state index contributed by atoms with van der Waals surface area (Å²) in [7, 11) is -2.19. The van der Waals surface area contributed by atoms with Crippen molar-refractivity contribution >= 4 is 12.6 Å². The van der Waals surface area contributed by atoms with Gasteiger partial charge in [0.1, 0.15) is 12.6 Å². The molecule has 2 aliphatic carbocycles. The molecule has 0 aliphatic heterocycles. The zero-order valence-electron chi connectivity index (χ0n) is 8.89. The summed E-state index contributed by atoms with van der Waals surface area (Å²) in [5, 5.41) is 8.07. The number of rotatable bonds is 3. The van der Waals surface area contributed by atoms with Gasteiger partial charge in [0.05, 0.1) is 6.20 Å². The molecule has 0 radical (unpaired) electrons. The fourth-order valence-corrected chi connectivity index (χ4v) is 5.98. The minimum absolute atomic E-state index is 0.432. The van der Waals surface area contributed by atoms with Gasteiger partial charge in [-0.05, 0) is 44.2 Å². The Hall–Kier alpha value is -0.690. The van der Waals surface area contributed by atoms with Crippen molar-refractivity contribution in [3.63, 3.8) is 0 Å². The molecule has 15 heavy (non-hydrogen) atoms. The molecule has 2 saturated carbocycles. The summed E-state index contributed by atoms with van der Waals surface area (Å²) in [5.74, 6) is 0. The van der Waals surface area contributed by atoms with Gasteiger partial charge in [0.15, 0.2) is 0 Å². The minimum atomic E-state index is -2.19. The third kappa shape index (κ3) is 1.53. The lowest BCUT2D eigenvalue weighted by molar-refractivity contribution is 0.578. The van der Waals surface area contributed by atoms with Crippen molar-refractivity contribution in [2.75, 3.05) is 0 Å². The number of nitrogens with zero attached hydrogens (tertiary/aromatic N) is 2. The summed E-state index contributed by atoms with van der Waals surface area (Å²) in [6.45, 7) is 1.99. The van der Waals surface area contributed by atoms with Crippen LogP contribution in [0.25, 0.3) is 0 Å². The van der Waals surface area contributed by atoms with Crippen molar-refractivity contribution in [2.45, 2.75) is 43.9 Å². The Morgan fingerprint density at radius 2 is 1.87 bits per heavy atom. The molecule has 0 aromatic carbocycles. The lowest BCUT2D eigenvalue weighted by Crippen LogP contribution is -2.17. The Labute approximate surface area is 89.7 Å². The normalized spacial score (nSPS) is 21.7. The quantitative estimate of drug-likeness (QED) is 0.735. The van der Waals surface area contributed by atoms with Crippen LogP contribution in [0.4, 0.5) is 0 Å². The smallest absolute Gasteiger partial charge is 0.140 e. The molecule has 1 aromatic rings. The maximum Gasteiger partial charge on any atom is 0.140 e. The van der Waals surface area contributed by atoms with Gasteiger partial charge in [0.2, 0.25) is 0 Å². The summed E-state index contributed by atoms with van der Waals surface area (Å²) in [5.41, 5.74) is 2.73. The van der Waals surface area contributed by atoms with Crippen molar-refractivity contribution in [1.82, 2.24) is 10.2 Å². The fourth-order valence-electron chi connectivity index (χ4n) is 2.21. The van der Waals surface area contributed by atoms with E-state index in [9.17, 15) is 4.57 Å². The third-order valence-corrected chi connectivity index (χ3v) is 7.45. The van der Waals surface area contributed by atoms with E-state index in [0.29, 0.717) is 11.3 Å². The van der Waals surface area contributed by atoms with Crippen LogP contribution in [0, 0.1) is 6.92 Å². The van der Waals surface area contributed by atoms with Gasteiger partial charge < -0.3 is 4.57 Å². The van der Waals surface area contributed by atoms with E-state index in [0.717, 1.165) is 36.7 Å². The molecule has 2 fully saturated rings. The average Bonchev–Trinajstić information content (AvgIpc) is 3.04. The van der Waals surface area contributed by atoms with Crippen LogP contribution in [0.15, 0.2) is 12.3 Å². The van der Waals surface area contributed by atoms with Gasteiger partial charge in [-0.1, -0.05) is 0 Å². The summed E-state index contributed by atoms with van der Waals surface area (Å²) >= 11 is 0. The molecule has 4 heteroatoms. The first-order valence-electron chi connectivity index (χ1n) is 5.60. The molecule has 0 spiro atoms. The first-order valence-corrected chi connectivity index (χ1v) is 7.45. The maximum absolute atomic E-state index is 13.0. The summed E-state index contributed by atoms with van der Waals surface area (Å²) in [6, 6.07) is 1.98. The van der Waals surface area contributed by atoms with Crippen LogP contribution in [-0.4, -0.2) is 21.5 Å². The van der Waals surface area contributed by atoms with E-state index in [2.05, 4.69) is 10.2 Å². The standard InChI is InChI=1S/C11H15N2OP/c1-8-6-11(13-12-7-8)15(14,9-2-3-9)10-4-5-10/h6-7,9-10H,2-5H2,1H3. The van der Waals surface area contributed by atoms with Crippen LogP contribution in [0.5, 0.6) is 0 Å². The van der Waals surface area contributed by atoms with Gasteiger partial charge in [-0.3, -0.25) is 0 Å². The predicted molar refractivity (Wildman–Crippen MR) is 60.1 cm³/mol. The van der Waals surface area contributed by atoms with Crippen LogP contribution in [-0.2, 0) is 4.57 Å². The molecule has 3 nitrogen and oxygen atoms in total. The van der Waals surface area contributed by atoms with Crippen LogP contribution < -0.4 is 5.44 Å². The second-order valence-electron chi connectivity index (χ2n) is 4.76. The molecule has 1 heterocycles. The zero-order valence-corrected chi connectivity index (χ0v) is 9.78. The lowest BCUT2D eigenvalue weighted by Gasteiger charge is -2.15. The Balaban J connectivity index is 2.05. The van der Waals surface area contributed by atoms with Gasteiger partial charge in [0, 0.05) is 11.3 Å². The summed E-state index contributed by atoms with van der Waals surface area (Å²) < 4.78 is 13.0. The SMILES string of the molecule is Cc1cnnc(P(=O)(C2CC2)C2CC2)c1. The molecule has 0 atom stereocenters.